The van der Waals surface area contributed by atoms with Crippen LogP contribution in [0, 0.1) is 0 Å². The normalized spacial score (nSPS) is 21.8. The molecule has 0 spiro atoms. The molecule has 35 heavy (non-hydrogen) atoms. The average molecular weight is 552 g/mol. The van der Waals surface area contributed by atoms with Gasteiger partial charge in [-0.1, -0.05) is 41.2 Å². The van der Waals surface area contributed by atoms with Crippen molar-refractivity contribution in [1.29, 1.82) is 0 Å². The molecule has 2 unspecified atom stereocenters. The zero-order chi connectivity index (χ0) is 24.7. The van der Waals surface area contributed by atoms with E-state index in [0.717, 1.165) is 41.0 Å². The molecule has 1 aromatic carbocycles. The van der Waals surface area contributed by atoms with E-state index in [0.29, 0.717) is 32.4 Å². The molecule has 0 aliphatic carbocycles. The van der Waals surface area contributed by atoms with E-state index >= 15 is 0 Å². The summed E-state index contributed by atoms with van der Waals surface area (Å²) >= 11 is 20.4. The molecule has 4 heterocycles. The lowest BCUT2D eigenvalue weighted by Crippen LogP contribution is -2.54. The van der Waals surface area contributed by atoms with Gasteiger partial charge in [-0.05, 0) is 63.1 Å². The van der Waals surface area contributed by atoms with Crippen molar-refractivity contribution in [3.8, 4) is 5.69 Å². The monoisotopic (exact) mass is 550 g/mol. The molecule has 10 heteroatoms. The molecule has 0 bridgehead atoms. The Bertz CT molecular complexity index is 1290. The number of amides is 1. The summed E-state index contributed by atoms with van der Waals surface area (Å²) in [4.78, 5) is 14.5. The zero-order valence-electron chi connectivity index (χ0n) is 19.4. The van der Waals surface area contributed by atoms with Crippen LogP contribution in [0.5, 0.6) is 0 Å². The second-order valence-electron chi connectivity index (χ2n) is 8.96. The smallest absolute Gasteiger partial charge is 0.286 e. The average Bonchev–Trinajstić information content (AvgIpc) is 3.40. The Morgan fingerprint density at radius 1 is 1.14 bits per heavy atom. The van der Waals surface area contributed by atoms with Gasteiger partial charge in [0.2, 0.25) is 0 Å². The highest BCUT2D eigenvalue weighted by Crippen LogP contribution is 2.36. The molecule has 2 aliphatic heterocycles. The molecule has 6 nitrogen and oxygen atoms in total. The molecule has 0 radical (unpaired) electrons. The van der Waals surface area contributed by atoms with Gasteiger partial charge < -0.3 is 4.74 Å². The summed E-state index contributed by atoms with van der Waals surface area (Å²) in [5.74, 6) is -0.255. The number of piperidine rings is 1. The fourth-order valence-electron chi connectivity index (χ4n) is 4.76. The molecule has 184 valence electrons. The Morgan fingerprint density at radius 2 is 1.91 bits per heavy atom. The van der Waals surface area contributed by atoms with Crippen LogP contribution in [-0.2, 0) is 11.3 Å². The Kier molecular flexibility index (Phi) is 7.26. The van der Waals surface area contributed by atoms with Crippen LogP contribution < -0.4 is 5.43 Å². The highest BCUT2D eigenvalue weighted by molar-refractivity contribution is 7.17. The lowest BCUT2D eigenvalue weighted by molar-refractivity contribution is 0.0363. The number of ether oxygens (including phenoxy) is 1. The van der Waals surface area contributed by atoms with E-state index in [9.17, 15) is 4.79 Å². The van der Waals surface area contributed by atoms with Crippen LogP contribution >= 0.6 is 46.1 Å². The highest BCUT2D eigenvalue weighted by Gasteiger charge is 2.32. The van der Waals surface area contributed by atoms with Crippen LogP contribution in [0.3, 0.4) is 0 Å². The van der Waals surface area contributed by atoms with Gasteiger partial charge >= 0.3 is 0 Å². The van der Waals surface area contributed by atoms with E-state index in [-0.39, 0.29) is 24.6 Å². The third kappa shape index (κ3) is 5.03. The van der Waals surface area contributed by atoms with Crippen LogP contribution in [0.4, 0.5) is 0 Å². The number of thiophene rings is 1. The number of benzene rings is 1. The van der Waals surface area contributed by atoms with Crippen LogP contribution in [0.25, 0.3) is 17.3 Å². The van der Waals surface area contributed by atoms with Gasteiger partial charge in [-0.25, -0.2) is 9.69 Å². The van der Waals surface area contributed by atoms with Crippen molar-refractivity contribution < 1.29 is 9.53 Å². The molecule has 5 rings (SSSR count). The van der Waals surface area contributed by atoms with Gasteiger partial charge in [0.15, 0.2) is 5.69 Å². The van der Waals surface area contributed by atoms with E-state index in [2.05, 4.69) is 19.3 Å². The number of nitrogens with zero attached hydrogens (tertiary/aromatic N) is 3. The summed E-state index contributed by atoms with van der Waals surface area (Å²) in [6.45, 7) is 4.92. The molecule has 1 fully saturated rings. The Hall–Kier alpha value is -1.87. The maximum absolute atomic E-state index is 13.6. The number of hydrazine groups is 1. The third-order valence-corrected chi connectivity index (χ3v) is 8.20. The molecule has 2 aromatic heterocycles. The first-order valence-corrected chi connectivity index (χ1v) is 13.5. The first-order valence-electron chi connectivity index (χ1n) is 11.5. The SMILES string of the molecule is CC1CCCC(C)N1NC(=O)c1nn(-c2ccc(Cl)cc2Cl)c2c1COCC2=Cc1ccc(Cl)s1. The summed E-state index contributed by atoms with van der Waals surface area (Å²) in [5, 5.41) is 7.78. The fourth-order valence-corrected chi connectivity index (χ4v) is 6.27. The predicted octanol–water partition coefficient (Wildman–Crippen LogP) is 6.87. The highest BCUT2D eigenvalue weighted by atomic mass is 35.5. The quantitative estimate of drug-likeness (QED) is 0.384. The van der Waals surface area contributed by atoms with Crippen molar-refractivity contribution in [3.63, 3.8) is 0 Å². The molecule has 1 amide bonds. The van der Waals surface area contributed by atoms with Crippen molar-refractivity contribution in [2.45, 2.75) is 51.8 Å². The van der Waals surface area contributed by atoms with Gasteiger partial charge in [0.05, 0.1) is 34.0 Å². The van der Waals surface area contributed by atoms with Crippen molar-refractivity contribution in [2.24, 2.45) is 0 Å². The first-order chi connectivity index (χ1) is 16.8. The number of hydrogen-bond donors (Lipinski definition) is 1. The molecule has 0 saturated carbocycles. The minimum absolute atomic E-state index is 0.251. The Balaban J connectivity index is 1.61. The number of carbonyl (C=O) groups excluding carboxylic acids is 1. The molecule has 2 aliphatic rings. The summed E-state index contributed by atoms with van der Waals surface area (Å²) in [6, 6.07) is 9.56. The van der Waals surface area contributed by atoms with E-state index in [4.69, 9.17) is 44.6 Å². The zero-order valence-corrected chi connectivity index (χ0v) is 22.4. The number of rotatable bonds is 4. The standard InChI is InChI=1S/C25H25Cl3N4O2S/c1-14-4-3-5-15(2)31(14)30-25(33)23-19-13-34-12-16(10-18-7-9-22(28)35-18)24(19)32(29-23)21-8-6-17(26)11-20(21)27/h6-11,14-15H,3-5,12-13H2,1-2H3,(H,30,33). The third-order valence-electron chi connectivity index (χ3n) is 6.48. The number of nitrogens with one attached hydrogen (secondary N) is 1. The second-order valence-corrected chi connectivity index (χ2v) is 11.6. The van der Waals surface area contributed by atoms with Crippen LogP contribution in [0.2, 0.25) is 14.4 Å². The number of fused-ring (bicyclic) bond motifs is 1. The fraction of sp³-hybridized carbons (Fsp3) is 0.360. The van der Waals surface area contributed by atoms with Gasteiger partial charge in [0.1, 0.15) is 0 Å². The minimum Gasteiger partial charge on any atom is -0.372 e. The summed E-state index contributed by atoms with van der Waals surface area (Å²) < 4.78 is 8.34. The molecule has 1 saturated heterocycles. The van der Waals surface area contributed by atoms with Gasteiger partial charge in [0.25, 0.3) is 5.91 Å². The van der Waals surface area contributed by atoms with E-state index < -0.39 is 0 Å². The lowest BCUT2D eigenvalue weighted by Gasteiger charge is -2.38. The molecular weight excluding hydrogens is 527 g/mol. The topological polar surface area (TPSA) is 59.4 Å². The van der Waals surface area contributed by atoms with Crippen LogP contribution in [0.1, 0.15) is 59.7 Å². The Labute approximate surface area is 223 Å². The van der Waals surface area contributed by atoms with Crippen LogP contribution in [0.15, 0.2) is 30.3 Å². The van der Waals surface area contributed by atoms with Crippen molar-refractivity contribution >= 4 is 63.7 Å². The first kappa shape index (κ1) is 24.8. The van der Waals surface area contributed by atoms with E-state index in [1.54, 1.807) is 16.8 Å². The largest absolute Gasteiger partial charge is 0.372 e. The van der Waals surface area contributed by atoms with Gasteiger partial charge in [-0.2, -0.15) is 5.10 Å². The van der Waals surface area contributed by atoms with Crippen LogP contribution in [-0.4, -0.2) is 39.4 Å². The van der Waals surface area contributed by atoms with Gasteiger partial charge in [-0.15, -0.1) is 11.3 Å². The summed E-state index contributed by atoms with van der Waals surface area (Å²) in [5.41, 5.74) is 6.50. The second kappa shape index (κ2) is 10.2. The molecule has 3 aromatic rings. The number of hydrogen-bond acceptors (Lipinski definition) is 5. The van der Waals surface area contributed by atoms with Crippen molar-refractivity contribution in [2.75, 3.05) is 6.61 Å². The predicted molar refractivity (Wildman–Crippen MR) is 143 cm³/mol. The molecular formula is C25H25Cl3N4O2S. The summed E-state index contributed by atoms with van der Waals surface area (Å²) in [7, 11) is 0. The number of carbonyl (C=O) groups is 1. The molecule has 1 N–H and O–H groups in total. The summed E-state index contributed by atoms with van der Waals surface area (Å²) in [6.07, 6.45) is 5.25. The van der Waals surface area contributed by atoms with E-state index in [1.807, 2.05) is 29.3 Å². The minimum atomic E-state index is -0.255. The van der Waals surface area contributed by atoms with Crippen molar-refractivity contribution in [3.05, 3.63) is 66.5 Å². The maximum atomic E-state index is 13.6. The lowest BCUT2D eigenvalue weighted by atomic mass is 9.99. The number of aromatic nitrogens is 2. The maximum Gasteiger partial charge on any atom is 0.286 e. The Morgan fingerprint density at radius 3 is 2.60 bits per heavy atom. The van der Waals surface area contributed by atoms with Gasteiger partial charge in [-0.3, -0.25) is 10.2 Å². The van der Waals surface area contributed by atoms with Crippen molar-refractivity contribution in [1.82, 2.24) is 20.2 Å². The van der Waals surface area contributed by atoms with E-state index in [1.165, 1.54) is 11.3 Å². The number of halogens is 3. The molecule has 2 atom stereocenters. The van der Waals surface area contributed by atoms with Gasteiger partial charge in [0, 0.05) is 33.1 Å².